The van der Waals surface area contributed by atoms with Gasteiger partial charge in [0.05, 0.1) is 22.8 Å². The second-order valence-electron chi connectivity index (χ2n) is 5.67. The van der Waals surface area contributed by atoms with E-state index in [0.717, 1.165) is 12.1 Å². The van der Waals surface area contributed by atoms with Gasteiger partial charge in [0.15, 0.2) is 0 Å². The number of aromatic nitrogens is 2. The normalized spacial score (nSPS) is 11.5. The fourth-order valence-corrected chi connectivity index (χ4v) is 2.44. The number of para-hydroxylation sites is 1. The topological polar surface area (TPSA) is 64.0 Å². The number of hydrogen-bond donors (Lipinski definition) is 1. The Kier molecular flexibility index (Phi) is 4.75. The van der Waals surface area contributed by atoms with E-state index in [2.05, 4.69) is 10.3 Å². The van der Waals surface area contributed by atoms with Gasteiger partial charge in [-0.3, -0.25) is 14.2 Å². The largest absolute Gasteiger partial charge is 0.416 e. The molecule has 1 aromatic heterocycles. The zero-order valence-electron chi connectivity index (χ0n) is 13.5. The van der Waals surface area contributed by atoms with E-state index in [1.807, 2.05) is 0 Å². The van der Waals surface area contributed by atoms with Crippen LogP contribution in [0, 0.1) is 0 Å². The molecule has 0 fully saturated rings. The summed E-state index contributed by atoms with van der Waals surface area (Å²) in [5, 5.41) is 2.98. The number of amides is 1. The second kappa shape index (κ2) is 6.99. The first-order valence-electron chi connectivity index (χ1n) is 7.71. The monoisotopic (exact) mass is 361 g/mol. The van der Waals surface area contributed by atoms with E-state index in [0.29, 0.717) is 16.5 Å². The lowest BCUT2D eigenvalue weighted by atomic mass is 10.1. The summed E-state index contributed by atoms with van der Waals surface area (Å²) in [6, 6.07) is 11.3. The number of carbonyl (C=O) groups is 1. The molecule has 2 aromatic carbocycles. The molecule has 134 valence electrons. The third-order valence-corrected chi connectivity index (χ3v) is 3.82. The van der Waals surface area contributed by atoms with Gasteiger partial charge in [-0.25, -0.2) is 4.98 Å². The van der Waals surface area contributed by atoms with Gasteiger partial charge in [0, 0.05) is 6.54 Å². The van der Waals surface area contributed by atoms with Crippen molar-refractivity contribution in [2.45, 2.75) is 19.3 Å². The molecule has 0 saturated carbocycles. The molecule has 26 heavy (non-hydrogen) atoms. The Morgan fingerprint density at radius 1 is 1.08 bits per heavy atom. The highest BCUT2D eigenvalue weighted by molar-refractivity contribution is 5.78. The summed E-state index contributed by atoms with van der Waals surface area (Å²) in [4.78, 5) is 28.5. The molecule has 3 aromatic rings. The molecule has 0 unspecified atom stereocenters. The van der Waals surface area contributed by atoms with Crippen molar-refractivity contribution in [3.8, 4) is 0 Å². The maximum atomic E-state index is 12.5. The highest BCUT2D eigenvalue weighted by atomic mass is 19.4. The van der Waals surface area contributed by atoms with Crippen LogP contribution >= 0.6 is 0 Å². The molecule has 8 heteroatoms. The number of benzene rings is 2. The molecular weight excluding hydrogens is 347 g/mol. The van der Waals surface area contributed by atoms with Gasteiger partial charge in [0.1, 0.15) is 6.54 Å². The van der Waals surface area contributed by atoms with Gasteiger partial charge < -0.3 is 5.32 Å². The van der Waals surface area contributed by atoms with Crippen molar-refractivity contribution in [1.29, 1.82) is 0 Å². The maximum absolute atomic E-state index is 12.5. The molecule has 5 nitrogen and oxygen atoms in total. The first-order valence-corrected chi connectivity index (χ1v) is 7.71. The lowest BCUT2D eigenvalue weighted by molar-refractivity contribution is -0.137. The highest BCUT2D eigenvalue weighted by Gasteiger charge is 2.29. The predicted octanol–water partition coefficient (Wildman–Crippen LogP) is 2.73. The molecule has 0 bridgehead atoms. The van der Waals surface area contributed by atoms with E-state index in [4.69, 9.17) is 0 Å². The Bertz CT molecular complexity index is 995. The molecule has 3 rings (SSSR count). The van der Waals surface area contributed by atoms with Crippen LogP contribution in [0.4, 0.5) is 13.2 Å². The lowest BCUT2D eigenvalue weighted by Crippen LogP contribution is -2.32. The number of rotatable bonds is 4. The molecule has 0 atom stereocenters. The van der Waals surface area contributed by atoms with Crippen molar-refractivity contribution in [2.24, 2.45) is 0 Å². The fourth-order valence-electron chi connectivity index (χ4n) is 2.44. The van der Waals surface area contributed by atoms with Crippen LogP contribution in [0.25, 0.3) is 10.9 Å². The van der Waals surface area contributed by atoms with Crippen LogP contribution in [-0.2, 0) is 24.1 Å². The molecule has 0 spiro atoms. The van der Waals surface area contributed by atoms with Crippen molar-refractivity contribution in [3.63, 3.8) is 0 Å². The molecule has 1 amide bonds. The quantitative estimate of drug-likeness (QED) is 0.777. The molecule has 1 heterocycles. The summed E-state index contributed by atoms with van der Waals surface area (Å²) in [6.45, 7) is -0.163. The second-order valence-corrected chi connectivity index (χ2v) is 5.67. The summed E-state index contributed by atoms with van der Waals surface area (Å²) >= 11 is 0. The Balaban J connectivity index is 1.64. The molecule has 0 radical (unpaired) electrons. The average Bonchev–Trinajstić information content (AvgIpc) is 2.62. The molecule has 0 aliphatic rings. The van der Waals surface area contributed by atoms with E-state index < -0.39 is 17.6 Å². The van der Waals surface area contributed by atoms with E-state index in [1.54, 1.807) is 24.3 Å². The minimum absolute atomic E-state index is 0.0622. The van der Waals surface area contributed by atoms with Crippen molar-refractivity contribution >= 4 is 16.8 Å². The van der Waals surface area contributed by atoms with Crippen molar-refractivity contribution < 1.29 is 18.0 Å². The first-order chi connectivity index (χ1) is 12.3. The van der Waals surface area contributed by atoms with E-state index in [1.165, 1.54) is 23.0 Å². The molecule has 1 N–H and O–H groups in total. The maximum Gasteiger partial charge on any atom is 0.416 e. The van der Waals surface area contributed by atoms with E-state index in [9.17, 15) is 22.8 Å². The van der Waals surface area contributed by atoms with Gasteiger partial charge in [-0.2, -0.15) is 13.2 Å². The minimum atomic E-state index is -4.40. The summed E-state index contributed by atoms with van der Waals surface area (Å²) in [6.07, 6.45) is -3.10. The standard InChI is InChI=1S/C18H14F3N3O2/c19-18(20,21)13-7-5-12(6-8-13)9-22-16(25)10-24-11-23-15-4-2-1-3-14(15)17(24)26/h1-8,11H,9-10H2,(H,22,25). The van der Waals surface area contributed by atoms with E-state index >= 15 is 0 Å². The molecule has 0 saturated heterocycles. The van der Waals surface area contributed by atoms with Crippen LogP contribution in [0.1, 0.15) is 11.1 Å². The minimum Gasteiger partial charge on any atom is -0.350 e. The highest BCUT2D eigenvalue weighted by Crippen LogP contribution is 2.29. The predicted molar refractivity (Wildman–Crippen MR) is 89.3 cm³/mol. The van der Waals surface area contributed by atoms with Gasteiger partial charge in [-0.05, 0) is 29.8 Å². The van der Waals surface area contributed by atoms with Crippen LogP contribution in [0.3, 0.4) is 0 Å². The van der Waals surface area contributed by atoms with Gasteiger partial charge in [0.2, 0.25) is 5.91 Å². The third-order valence-electron chi connectivity index (χ3n) is 3.82. The van der Waals surface area contributed by atoms with Crippen molar-refractivity contribution in [2.75, 3.05) is 0 Å². The lowest BCUT2D eigenvalue weighted by Gasteiger charge is -2.10. The number of alkyl halides is 3. The zero-order chi connectivity index (χ0) is 18.7. The van der Waals surface area contributed by atoms with Crippen LogP contribution in [-0.4, -0.2) is 15.5 Å². The zero-order valence-corrected chi connectivity index (χ0v) is 13.5. The average molecular weight is 361 g/mol. The van der Waals surface area contributed by atoms with Gasteiger partial charge in [-0.15, -0.1) is 0 Å². The Hall–Kier alpha value is -3.16. The van der Waals surface area contributed by atoms with Crippen molar-refractivity contribution in [3.05, 3.63) is 76.3 Å². The van der Waals surface area contributed by atoms with Crippen molar-refractivity contribution in [1.82, 2.24) is 14.9 Å². The summed E-state index contributed by atoms with van der Waals surface area (Å²) in [7, 11) is 0. The van der Waals surface area contributed by atoms with Crippen LogP contribution in [0.5, 0.6) is 0 Å². The number of halogens is 3. The van der Waals surface area contributed by atoms with Crippen LogP contribution < -0.4 is 10.9 Å². The number of fused-ring (bicyclic) bond motifs is 1. The van der Waals surface area contributed by atoms with Crippen LogP contribution in [0.2, 0.25) is 0 Å². The number of nitrogens with zero attached hydrogens (tertiary/aromatic N) is 2. The Morgan fingerprint density at radius 3 is 2.46 bits per heavy atom. The first kappa shape index (κ1) is 17.7. The smallest absolute Gasteiger partial charge is 0.350 e. The summed E-state index contributed by atoms with van der Waals surface area (Å²) in [5.74, 6) is -0.441. The molecular formula is C18H14F3N3O2. The Labute approximate surface area is 146 Å². The van der Waals surface area contributed by atoms with Crippen LogP contribution in [0.15, 0.2) is 59.7 Å². The summed E-state index contributed by atoms with van der Waals surface area (Å²) in [5.41, 5.74) is -0.0177. The number of carbonyl (C=O) groups excluding carboxylic acids is 1. The van der Waals surface area contributed by atoms with Gasteiger partial charge in [0.25, 0.3) is 5.56 Å². The third kappa shape index (κ3) is 3.90. The van der Waals surface area contributed by atoms with Gasteiger partial charge in [-0.1, -0.05) is 24.3 Å². The SMILES string of the molecule is O=C(Cn1cnc2ccccc2c1=O)NCc1ccc(C(F)(F)F)cc1. The van der Waals surface area contributed by atoms with E-state index in [-0.39, 0.29) is 18.6 Å². The van der Waals surface area contributed by atoms with Gasteiger partial charge >= 0.3 is 6.18 Å². The Morgan fingerprint density at radius 2 is 1.77 bits per heavy atom. The fraction of sp³-hybridized carbons (Fsp3) is 0.167. The number of nitrogens with one attached hydrogen (secondary N) is 1. The summed E-state index contributed by atoms with van der Waals surface area (Å²) < 4.78 is 38.7. The number of hydrogen-bond acceptors (Lipinski definition) is 3. The molecule has 0 aliphatic carbocycles. The molecule has 0 aliphatic heterocycles.